The SMILES string of the molecule is C=CCN1C(=O)N/C(=C/c2cc(Cl)c(OCc3ccc(I)cc3)c(OC)c2)C1=O. The Kier molecular flexibility index (Phi) is 6.81. The predicted octanol–water partition coefficient (Wildman–Crippen LogP) is 4.61. The van der Waals surface area contributed by atoms with Crippen LogP contribution < -0.4 is 14.8 Å². The van der Waals surface area contributed by atoms with Crippen LogP contribution in [-0.2, 0) is 11.4 Å². The van der Waals surface area contributed by atoms with Crippen LogP contribution in [0.3, 0.4) is 0 Å². The van der Waals surface area contributed by atoms with Gasteiger partial charge in [0.1, 0.15) is 12.3 Å². The topological polar surface area (TPSA) is 67.9 Å². The van der Waals surface area contributed by atoms with Crippen molar-refractivity contribution in [3.63, 3.8) is 0 Å². The molecule has 0 aliphatic carbocycles. The number of ether oxygens (including phenoxy) is 2. The fraction of sp³-hybridized carbons (Fsp3) is 0.143. The molecule has 150 valence electrons. The lowest BCUT2D eigenvalue weighted by Crippen LogP contribution is -2.30. The molecule has 1 saturated heterocycles. The van der Waals surface area contributed by atoms with Gasteiger partial charge in [0, 0.05) is 10.1 Å². The summed E-state index contributed by atoms with van der Waals surface area (Å²) in [5.74, 6) is 0.406. The van der Waals surface area contributed by atoms with Crippen LogP contribution in [0.4, 0.5) is 4.79 Å². The van der Waals surface area contributed by atoms with Crippen LogP contribution in [0.25, 0.3) is 6.08 Å². The van der Waals surface area contributed by atoms with Crippen molar-refractivity contribution in [3.8, 4) is 11.5 Å². The molecular formula is C21H18ClIN2O4. The van der Waals surface area contributed by atoms with Crippen molar-refractivity contribution in [2.45, 2.75) is 6.61 Å². The zero-order valence-electron chi connectivity index (χ0n) is 15.6. The second-order valence-corrected chi connectivity index (χ2v) is 7.79. The molecule has 0 radical (unpaired) electrons. The number of nitrogens with one attached hydrogen (secondary N) is 1. The first kappa shape index (κ1) is 21.2. The van der Waals surface area contributed by atoms with Crippen LogP contribution in [0, 0.1) is 3.57 Å². The molecule has 8 heteroatoms. The van der Waals surface area contributed by atoms with Gasteiger partial charge < -0.3 is 14.8 Å². The summed E-state index contributed by atoms with van der Waals surface area (Å²) < 4.78 is 12.4. The Morgan fingerprint density at radius 3 is 2.62 bits per heavy atom. The van der Waals surface area contributed by atoms with Crippen LogP contribution in [0.2, 0.25) is 5.02 Å². The Morgan fingerprint density at radius 2 is 1.97 bits per heavy atom. The van der Waals surface area contributed by atoms with Crippen LogP contribution in [-0.4, -0.2) is 30.5 Å². The molecule has 1 fully saturated rings. The number of amides is 3. The molecular weight excluding hydrogens is 507 g/mol. The average Bonchev–Trinajstić information content (AvgIpc) is 2.96. The molecule has 3 amide bonds. The molecule has 1 N–H and O–H groups in total. The van der Waals surface area contributed by atoms with Gasteiger partial charge in [-0.05, 0) is 64.1 Å². The van der Waals surface area contributed by atoms with E-state index in [4.69, 9.17) is 21.1 Å². The van der Waals surface area contributed by atoms with Crippen molar-refractivity contribution in [2.75, 3.05) is 13.7 Å². The normalized spacial score (nSPS) is 14.9. The summed E-state index contributed by atoms with van der Waals surface area (Å²) in [4.78, 5) is 25.3. The van der Waals surface area contributed by atoms with E-state index in [1.165, 1.54) is 13.2 Å². The molecule has 0 bridgehead atoms. The van der Waals surface area contributed by atoms with E-state index in [9.17, 15) is 9.59 Å². The maximum Gasteiger partial charge on any atom is 0.329 e. The number of imide groups is 1. The molecule has 2 aromatic carbocycles. The van der Waals surface area contributed by atoms with E-state index in [0.717, 1.165) is 14.0 Å². The van der Waals surface area contributed by atoms with Gasteiger partial charge in [-0.2, -0.15) is 0 Å². The summed E-state index contributed by atoms with van der Waals surface area (Å²) in [6, 6.07) is 10.8. The van der Waals surface area contributed by atoms with Crippen molar-refractivity contribution in [2.24, 2.45) is 0 Å². The van der Waals surface area contributed by atoms with E-state index in [0.29, 0.717) is 28.7 Å². The summed E-state index contributed by atoms with van der Waals surface area (Å²) >= 11 is 8.64. The van der Waals surface area contributed by atoms with Crippen LogP contribution in [0.15, 0.2) is 54.8 Å². The highest BCUT2D eigenvalue weighted by atomic mass is 127. The van der Waals surface area contributed by atoms with E-state index in [1.54, 1.807) is 18.2 Å². The van der Waals surface area contributed by atoms with Crippen molar-refractivity contribution in [1.29, 1.82) is 0 Å². The lowest BCUT2D eigenvalue weighted by atomic mass is 10.1. The fourth-order valence-electron chi connectivity index (χ4n) is 2.73. The Hall–Kier alpha value is -2.52. The first-order valence-corrected chi connectivity index (χ1v) is 10.1. The highest BCUT2D eigenvalue weighted by molar-refractivity contribution is 14.1. The van der Waals surface area contributed by atoms with Crippen molar-refractivity contribution in [3.05, 3.63) is 74.5 Å². The fourth-order valence-corrected chi connectivity index (χ4v) is 3.37. The summed E-state index contributed by atoms with van der Waals surface area (Å²) in [6.45, 7) is 4.02. The second kappa shape index (κ2) is 9.32. The quantitative estimate of drug-likeness (QED) is 0.249. The number of rotatable bonds is 7. The molecule has 0 atom stereocenters. The third-order valence-corrected chi connectivity index (χ3v) is 5.13. The minimum absolute atomic E-state index is 0.136. The van der Waals surface area contributed by atoms with Crippen LogP contribution in [0.1, 0.15) is 11.1 Å². The third-order valence-electron chi connectivity index (χ3n) is 4.13. The molecule has 0 spiro atoms. The Labute approximate surface area is 187 Å². The molecule has 1 heterocycles. The van der Waals surface area contributed by atoms with E-state index in [-0.39, 0.29) is 12.2 Å². The highest BCUT2D eigenvalue weighted by Crippen LogP contribution is 2.37. The first-order valence-electron chi connectivity index (χ1n) is 8.63. The van der Waals surface area contributed by atoms with Crippen LogP contribution in [0.5, 0.6) is 11.5 Å². The number of carbonyl (C=O) groups is 2. The molecule has 29 heavy (non-hydrogen) atoms. The number of halogens is 2. The minimum Gasteiger partial charge on any atom is -0.493 e. The number of urea groups is 1. The summed E-state index contributed by atoms with van der Waals surface area (Å²) in [6.07, 6.45) is 3.03. The van der Waals surface area contributed by atoms with Crippen molar-refractivity contribution < 1.29 is 19.1 Å². The molecule has 0 saturated carbocycles. The average molecular weight is 525 g/mol. The van der Waals surface area contributed by atoms with E-state index >= 15 is 0 Å². The predicted molar refractivity (Wildman–Crippen MR) is 120 cm³/mol. The van der Waals surface area contributed by atoms with Gasteiger partial charge >= 0.3 is 6.03 Å². The number of benzene rings is 2. The monoisotopic (exact) mass is 524 g/mol. The lowest BCUT2D eigenvalue weighted by molar-refractivity contribution is -0.122. The molecule has 1 aliphatic heterocycles. The smallest absolute Gasteiger partial charge is 0.329 e. The maximum atomic E-state index is 12.3. The standard InChI is InChI=1S/C21H18ClIN2O4/c1-3-8-25-20(26)17(24-21(25)27)10-14-9-16(22)19(18(11-14)28-2)29-12-13-4-6-15(23)7-5-13/h3-7,9-11H,1,8,12H2,2H3,(H,24,27)/b17-10+. The summed E-state index contributed by atoms with van der Waals surface area (Å²) in [5.41, 5.74) is 1.75. The lowest BCUT2D eigenvalue weighted by Gasteiger charge is -2.13. The van der Waals surface area contributed by atoms with Gasteiger partial charge in [0.2, 0.25) is 0 Å². The minimum atomic E-state index is -0.489. The van der Waals surface area contributed by atoms with Gasteiger partial charge in [-0.3, -0.25) is 9.69 Å². The van der Waals surface area contributed by atoms with Gasteiger partial charge in [-0.25, -0.2) is 4.79 Å². The second-order valence-electron chi connectivity index (χ2n) is 6.14. The number of hydrogen-bond donors (Lipinski definition) is 1. The van der Waals surface area contributed by atoms with Gasteiger partial charge in [-0.15, -0.1) is 6.58 Å². The summed E-state index contributed by atoms with van der Waals surface area (Å²) in [7, 11) is 1.51. The largest absolute Gasteiger partial charge is 0.493 e. The summed E-state index contributed by atoms with van der Waals surface area (Å²) in [5, 5.41) is 2.88. The maximum absolute atomic E-state index is 12.3. The molecule has 3 rings (SSSR count). The Balaban J connectivity index is 1.83. The Morgan fingerprint density at radius 1 is 1.24 bits per heavy atom. The molecule has 6 nitrogen and oxygen atoms in total. The first-order chi connectivity index (χ1) is 13.9. The van der Waals surface area contributed by atoms with Gasteiger partial charge in [0.15, 0.2) is 11.5 Å². The zero-order valence-corrected chi connectivity index (χ0v) is 18.5. The molecule has 1 aliphatic rings. The van der Waals surface area contributed by atoms with Crippen molar-refractivity contribution >= 4 is 52.2 Å². The van der Waals surface area contributed by atoms with E-state index in [1.807, 2.05) is 24.3 Å². The van der Waals surface area contributed by atoms with Gasteiger partial charge in [-0.1, -0.05) is 29.8 Å². The van der Waals surface area contributed by atoms with E-state index in [2.05, 4.69) is 34.5 Å². The molecule has 2 aromatic rings. The highest BCUT2D eigenvalue weighted by Gasteiger charge is 2.32. The zero-order chi connectivity index (χ0) is 21.0. The molecule has 0 aromatic heterocycles. The number of methoxy groups -OCH3 is 1. The van der Waals surface area contributed by atoms with Gasteiger partial charge in [0.25, 0.3) is 5.91 Å². The van der Waals surface area contributed by atoms with Crippen molar-refractivity contribution in [1.82, 2.24) is 10.2 Å². The number of hydrogen-bond acceptors (Lipinski definition) is 4. The van der Waals surface area contributed by atoms with Gasteiger partial charge in [0.05, 0.1) is 12.1 Å². The van der Waals surface area contributed by atoms with Crippen LogP contribution >= 0.6 is 34.2 Å². The third kappa shape index (κ3) is 4.91. The van der Waals surface area contributed by atoms with E-state index < -0.39 is 11.9 Å². The Bertz CT molecular complexity index is 989. The molecule has 0 unspecified atom stereocenters. The number of nitrogens with zero attached hydrogens (tertiary/aromatic N) is 1. The number of carbonyl (C=O) groups excluding carboxylic acids is 2.